The molecule has 2 fully saturated rings. The first-order valence-electron chi connectivity index (χ1n) is 13.7. The van der Waals surface area contributed by atoms with Crippen LogP contribution in [0.2, 0.25) is 0 Å². The summed E-state index contributed by atoms with van der Waals surface area (Å²) in [6.07, 6.45) is 12.7. The van der Waals surface area contributed by atoms with E-state index in [1.165, 1.54) is 38.5 Å². The largest absolute Gasteiger partial charge is 0.412 e. The van der Waals surface area contributed by atoms with Gasteiger partial charge < -0.3 is 25.9 Å². The zero-order valence-corrected chi connectivity index (χ0v) is 22.0. The Morgan fingerprint density at radius 2 is 1.34 bits per heavy atom. The molecule has 0 unspecified atom stereocenters. The number of hydrogen-bond acceptors (Lipinski definition) is 4. The van der Waals surface area contributed by atoms with Gasteiger partial charge in [-0.3, -0.25) is 9.59 Å². The zero-order chi connectivity index (χ0) is 24.3. The molecule has 3 rings (SSSR count). The maximum absolute atomic E-state index is 13.9. The van der Waals surface area contributed by atoms with Crippen molar-refractivity contribution in [3.05, 3.63) is 29.8 Å². The van der Waals surface area contributed by atoms with Crippen molar-refractivity contribution >= 4 is 17.5 Å². The van der Waals surface area contributed by atoms with E-state index in [4.69, 9.17) is 5.73 Å². The van der Waals surface area contributed by atoms with E-state index in [1.54, 1.807) is 29.2 Å². The predicted molar refractivity (Wildman–Crippen MR) is 143 cm³/mol. The maximum Gasteiger partial charge on any atom is 0.254 e. The second-order valence-corrected chi connectivity index (χ2v) is 10.1. The lowest BCUT2D eigenvalue weighted by Gasteiger charge is -2.42. The molecule has 2 aliphatic rings. The second-order valence-electron chi connectivity index (χ2n) is 10.1. The van der Waals surface area contributed by atoms with Crippen molar-refractivity contribution in [2.45, 2.75) is 96.6 Å². The third kappa shape index (κ3) is 8.50. The van der Waals surface area contributed by atoms with Gasteiger partial charge in [-0.2, -0.15) is 0 Å². The van der Waals surface area contributed by atoms with E-state index < -0.39 is 0 Å². The van der Waals surface area contributed by atoms with Gasteiger partial charge in [0.1, 0.15) is 6.54 Å². The standard InChI is InChI=1S/C28H46N4O2.H2O/c1-3-30(4-2)20-11-21-31(28(34)23-16-18-24(29)19-17-23)22-27(33)32(25-12-7-5-8-13-25)26-14-9-6-10-15-26;/h16-19,25-26H,3-15,20-22,29H2,1-2H3;1H2. The van der Waals surface area contributed by atoms with Crippen molar-refractivity contribution in [1.29, 1.82) is 0 Å². The molecular formula is C28H48N4O3. The van der Waals surface area contributed by atoms with Gasteiger partial charge >= 0.3 is 0 Å². The Morgan fingerprint density at radius 1 is 0.829 bits per heavy atom. The van der Waals surface area contributed by atoms with Crippen LogP contribution in [0.15, 0.2) is 24.3 Å². The van der Waals surface area contributed by atoms with Crippen LogP contribution in [0.3, 0.4) is 0 Å². The molecule has 0 atom stereocenters. The fraction of sp³-hybridized carbons (Fsp3) is 0.714. The summed E-state index contributed by atoms with van der Waals surface area (Å²) in [6, 6.07) is 7.76. The van der Waals surface area contributed by atoms with Crippen molar-refractivity contribution in [2.75, 3.05) is 38.5 Å². The van der Waals surface area contributed by atoms with Gasteiger partial charge in [-0.05, 0) is 76.0 Å². The van der Waals surface area contributed by atoms with Crippen LogP contribution in [0.4, 0.5) is 5.69 Å². The molecule has 2 aliphatic carbocycles. The number of carbonyl (C=O) groups is 2. The fourth-order valence-electron chi connectivity index (χ4n) is 5.75. The highest BCUT2D eigenvalue weighted by Crippen LogP contribution is 2.30. The molecule has 0 aliphatic heterocycles. The van der Waals surface area contributed by atoms with Crippen LogP contribution in [0.25, 0.3) is 0 Å². The summed E-state index contributed by atoms with van der Waals surface area (Å²) in [5.74, 6) is 0.0746. The topological polar surface area (TPSA) is 101 Å². The van der Waals surface area contributed by atoms with Gasteiger partial charge in [0.25, 0.3) is 5.91 Å². The molecule has 2 saturated carbocycles. The third-order valence-corrected chi connectivity index (χ3v) is 7.79. The molecule has 0 radical (unpaired) electrons. The van der Waals surface area contributed by atoms with Gasteiger partial charge in [0.05, 0.1) is 0 Å². The number of nitrogens with two attached hydrogens (primary N) is 1. The number of nitrogens with zero attached hydrogens (tertiary/aromatic N) is 3. The normalized spacial score (nSPS) is 17.1. The van der Waals surface area contributed by atoms with Gasteiger partial charge in [0.15, 0.2) is 0 Å². The summed E-state index contributed by atoms with van der Waals surface area (Å²) in [4.78, 5) is 33.7. The maximum atomic E-state index is 13.9. The zero-order valence-electron chi connectivity index (χ0n) is 22.0. The SMILES string of the molecule is CCN(CC)CCCN(CC(=O)N(C1CCCCC1)C1CCCCC1)C(=O)c1ccc(N)cc1.O. The summed E-state index contributed by atoms with van der Waals surface area (Å²) in [6.45, 7) is 8.02. The van der Waals surface area contributed by atoms with E-state index in [2.05, 4.69) is 23.6 Å². The summed E-state index contributed by atoms with van der Waals surface area (Å²) in [7, 11) is 0. The minimum atomic E-state index is -0.0693. The number of amides is 2. The Balaban J connectivity index is 0.00000432. The van der Waals surface area contributed by atoms with Crippen molar-refractivity contribution < 1.29 is 15.1 Å². The summed E-state index contributed by atoms with van der Waals surface area (Å²) in [5, 5.41) is 0. The lowest BCUT2D eigenvalue weighted by atomic mass is 9.88. The van der Waals surface area contributed by atoms with Crippen LogP contribution < -0.4 is 5.73 Å². The Morgan fingerprint density at radius 3 is 1.83 bits per heavy atom. The molecule has 35 heavy (non-hydrogen) atoms. The monoisotopic (exact) mass is 488 g/mol. The van der Waals surface area contributed by atoms with E-state index >= 15 is 0 Å². The summed E-state index contributed by atoms with van der Waals surface area (Å²) >= 11 is 0. The number of benzene rings is 1. The Kier molecular flexibility index (Phi) is 12.6. The number of anilines is 1. The highest BCUT2D eigenvalue weighted by molar-refractivity contribution is 5.96. The van der Waals surface area contributed by atoms with Crippen LogP contribution in [0.5, 0.6) is 0 Å². The van der Waals surface area contributed by atoms with Gasteiger partial charge in [-0.15, -0.1) is 0 Å². The fourth-order valence-corrected chi connectivity index (χ4v) is 5.75. The molecule has 0 heterocycles. The molecule has 1 aromatic carbocycles. The first-order chi connectivity index (χ1) is 16.5. The molecule has 0 saturated heterocycles. The van der Waals surface area contributed by atoms with E-state index in [1.807, 2.05) is 0 Å². The highest BCUT2D eigenvalue weighted by atomic mass is 16.2. The molecule has 0 bridgehead atoms. The second kappa shape index (κ2) is 15.1. The predicted octanol–water partition coefficient (Wildman–Crippen LogP) is 4.11. The number of rotatable bonds is 11. The van der Waals surface area contributed by atoms with Crippen molar-refractivity contribution in [3.8, 4) is 0 Å². The van der Waals surface area contributed by atoms with Crippen LogP contribution in [0, 0.1) is 0 Å². The van der Waals surface area contributed by atoms with Crippen LogP contribution in [-0.2, 0) is 4.79 Å². The van der Waals surface area contributed by atoms with Crippen molar-refractivity contribution in [1.82, 2.24) is 14.7 Å². The lowest BCUT2D eigenvalue weighted by Crippen LogP contribution is -2.53. The number of hydrogen-bond donors (Lipinski definition) is 1. The minimum Gasteiger partial charge on any atom is -0.412 e. The van der Waals surface area contributed by atoms with Crippen LogP contribution >= 0.6 is 0 Å². The molecule has 0 spiro atoms. The molecular weight excluding hydrogens is 440 g/mol. The molecule has 0 aromatic heterocycles. The van der Waals surface area contributed by atoms with Crippen LogP contribution in [0.1, 0.15) is 94.8 Å². The molecule has 7 heteroatoms. The Hall–Kier alpha value is -2.12. The molecule has 4 N–H and O–H groups in total. The lowest BCUT2D eigenvalue weighted by molar-refractivity contribution is -0.138. The third-order valence-electron chi connectivity index (χ3n) is 7.79. The number of nitrogen functional groups attached to an aromatic ring is 1. The summed E-state index contributed by atoms with van der Waals surface area (Å²) in [5.41, 5.74) is 7.09. The van der Waals surface area contributed by atoms with E-state index in [-0.39, 0.29) is 23.8 Å². The van der Waals surface area contributed by atoms with Gasteiger partial charge in [0, 0.05) is 29.9 Å². The smallest absolute Gasteiger partial charge is 0.254 e. The molecule has 1 aromatic rings. The van der Waals surface area contributed by atoms with E-state index in [9.17, 15) is 9.59 Å². The first kappa shape index (κ1) is 29.1. The molecule has 7 nitrogen and oxygen atoms in total. The Labute approximate surface area is 212 Å². The highest BCUT2D eigenvalue weighted by Gasteiger charge is 2.33. The van der Waals surface area contributed by atoms with E-state index in [0.29, 0.717) is 29.9 Å². The van der Waals surface area contributed by atoms with E-state index in [0.717, 1.165) is 51.7 Å². The molecule has 198 valence electrons. The average molecular weight is 489 g/mol. The first-order valence-corrected chi connectivity index (χ1v) is 13.7. The minimum absolute atomic E-state index is 0. The van der Waals surface area contributed by atoms with Crippen molar-refractivity contribution in [2.24, 2.45) is 0 Å². The number of carbonyl (C=O) groups excluding carboxylic acids is 2. The van der Waals surface area contributed by atoms with Crippen molar-refractivity contribution in [3.63, 3.8) is 0 Å². The van der Waals surface area contributed by atoms with Gasteiger partial charge in [-0.1, -0.05) is 52.4 Å². The van der Waals surface area contributed by atoms with Gasteiger partial charge in [0.2, 0.25) is 5.91 Å². The average Bonchev–Trinajstić information content (AvgIpc) is 2.87. The van der Waals surface area contributed by atoms with Gasteiger partial charge in [-0.25, -0.2) is 0 Å². The molecule has 2 amide bonds. The Bertz CT molecular complexity index is 736. The summed E-state index contributed by atoms with van der Waals surface area (Å²) < 4.78 is 0. The van der Waals surface area contributed by atoms with Crippen LogP contribution in [-0.4, -0.2) is 76.8 Å². The quantitative estimate of drug-likeness (QED) is 0.474.